The van der Waals surface area contributed by atoms with Gasteiger partial charge < -0.3 is 0 Å². The predicted octanol–water partition coefficient (Wildman–Crippen LogP) is 2.48. The molecule has 102 valence electrons. The largest absolute Gasteiger partial charge is 0.240 e. The summed E-state index contributed by atoms with van der Waals surface area (Å²) in [5.41, 5.74) is 1.20. The number of benzene rings is 1. The van der Waals surface area contributed by atoms with Crippen molar-refractivity contribution in [2.45, 2.75) is 50.0 Å². The first-order chi connectivity index (χ1) is 9.03. The molecule has 0 saturated heterocycles. The van der Waals surface area contributed by atoms with Gasteiger partial charge in [-0.25, -0.2) is 13.1 Å². The van der Waals surface area contributed by atoms with Crippen molar-refractivity contribution in [2.75, 3.05) is 0 Å². The zero-order valence-electron chi connectivity index (χ0n) is 11.0. The van der Waals surface area contributed by atoms with Crippen LogP contribution in [0.15, 0.2) is 23.1 Å². The van der Waals surface area contributed by atoms with Gasteiger partial charge in [0, 0.05) is 6.04 Å². The summed E-state index contributed by atoms with van der Waals surface area (Å²) < 4.78 is 27.3. The molecule has 1 aromatic rings. The van der Waals surface area contributed by atoms with Crippen LogP contribution >= 0.6 is 0 Å². The molecule has 0 amide bonds. The van der Waals surface area contributed by atoms with E-state index in [9.17, 15) is 8.42 Å². The molecule has 0 unspecified atom stereocenters. The molecule has 1 N–H and O–H groups in total. The van der Waals surface area contributed by atoms with Crippen molar-refractivity contribution >= 4 is 10.0 Å². The zero-order chi connectivity index (χ0) is 13.9. The van der Waals surface area contributed by atoms with Crippen molar-refractivity contribution in [3.05, 3.63) is 29.3 Å². The highest BCUT2D eigenvalue weighted by Crippen LogP contribution is 2.21. The second-order valence-electron chi connectivity index (χ2n) is 5.04. The first-order valence-electron chi connectivity index (χ1n) is 6.56. The fraction of sp³-hybridized carbons (Fsp3) is 0.500. The molecule has 19 heavy (non-hydrogen) atoms. The fourth-order valence-electron chi connectivity index (χ4n) is 2.44. The molecule has 0 atom stereocenters. The van der Waals surface area contributed by atoms with Gasteiger partial charge in [-0.2, -0.15) is 5.26 Å². The molecule has 0 aliphatic heterocycles. The van der Waals surface area contributed by atoms with E-state index in [0.29, 0.717) is 11.1 Å². The summed E-state index contributed by atoms with van der Waals surface area (Å²) in [5.74, 6) is 0. The lowest BCUT2D eigenvalue weighted by Gasteiger charge is -2.22. The van der Waals surface area contributed by atoms with Crippen LogP contribution in [0.4, 0.5) is 0 Å². The molecule has 0 radical (unpaired) electrons. The van der Waals surface area contributed by atoms with Crippen LogP contribution in [0.3, 0.4) is 0 Å². The average Bonchev–Trinajstić information content (AvgIpc) is 2.39. The number of aryl methyl sites for hydroxylation is 1. The quantitative estimate of drug-likeness (QED) is 0.923. The molecule has 0 heterocycles. The van der Waals surface area contributed by atoms with Crippen LogP contribution in [-0.2, 0) is 10.0 Å². The first-order valence-corrected chi connectivity index (χ1v) is 8.04. The molecule has 0 aromatic heterocycles. The van der Waals surface area contributed by atoms with Crippen LogP contribution in [-0.4, -0.2) is 14.5 Å². The van der Waals surface area contributed by atoms with Crippen LogP contribution in [0, 0.1) is 18.3 Å². The number of hydrogen-bond donors (Lipinski definition) is 1. The Kier molecular flexibility index (Phi) is 4.23. The summed E-state index contributed by atoms with van der Waals surface area (Å²) in [5, 5.41) is 8.86. The van der Waals surface area contributed by atoms with E-state index in [4.69, 9.17) is 5.26 Å². The molecule has 0 spiro atoms. The summed E-state index contributed by atoms with van der Waals surface area (Å²) >= 11 is 0. The van der Waals surface area contributed by atoms with Crippen molar-refractivity contribution in [3.8, 4) is 6.07 Å². The summed E-state index contributed by atoms with van der Waals surface area (Å²) in [4.78, 5) is 0.245. The smallest absolute Gasteiger partial charge is 0.208 e. The third kappa shape index (κ3) is 3.34. The number of nitrogens with zero attached hydrogens (tertiary/aromatic N) is 1. The van der Waals surface area contributed by atoms with Crippen molar-refractivity contribution in [1.29, 1.82) is 5.26 Å². The van der Waals surface area contributed by atoms with Gasteiger partial charge in [0.25, 0.3) is 0 Å². The van der Waals surface area contributed by atoms with Gasteiger partial charge in [0.05, 0.1) is 16.5 Å². The van der Waals surface area contributed by atoms with Crippen LogP contribution in [0.2, 0.25) is 0 Å². The minimum atomic E-state index is -3.47. The van der Waals surface area contributed by atoms with Gasteiger partial charge in [0.2, 0.25) is 10.0 Å². The van der Waals surface area contributed by atoms with Gasteiger partial charge in [-0.05, 0) is 43.5 Å². The first kappa shape index (κ1) is 14.0. The minimum absolute atomic E-state index is 0.0506. The maximum atomic E-state index is 12.3. The summed E-state index contributed by atoms with van der Waals surface area (Å²) in [6.45, 7) is 1.75. The fourth-order valence-corrected chi connectivity index (χ4v) is 3.83. The van der Waals surface area contributed by atoms with Gasteiger partial charge in [-0.1, -0.05) is 19.3 Å². The Labute approximate surface area is 114 Å². The number of nitrogens with one attached hydrogen (secondary N) is 1. The van der Waals surface area contributed by atoms with Gasteiger partial charge in [0.1, 0.15) is 0 Å². The lowest BCUT2D eigenvalue weighted by molar-refractivity contribution is 0.412. The Bertz CT molecular complexity index is 596. The normalized spacial score (nSPS) is 17.1. The second kappa shape index (κ2) is 5.72. The van der Waals surface area contributed by atoms with E-state index in [1.165, 1.54) is 12.5 Å². The van der Waals surface area contributed by atoms with Gasteiger partial charge in [0.15, 0.2) is 0 Å². The Morgan fingerprint density at radius 3 is 2.53 bits per heavy atom. The summed E-state index contributed by atoms with van der Waals surface area (Å²) in [6.07, 6.45) is 5.18. The van der Waals surface area contributed by atoms with Crippen LogP contribution < -0.4 is 4.72 Å². The molecule has 1 aliphatic rings. The monoisotopic (exact) mass is 278 g/mol. The minimum Gasteiger partial charge on any atom is -0.208 e. The van der Waals surface area contributed by atoms with E-state index < -0.39 is 10.0 Å². The van der Waals surface area contributed by atoms with E-state index >= 15 is 0 Å². The lowest BCUT2D eigenvalue weighted by Crippen LogP contribution is -2.36. The van der Waals surface area contributed by atoms with Crippen molar-refractivity contribution in [1.82, 2.24) is 4.72 Å². The van der Waals surface area contributed by atoms with Gasteiger partial charge in [-0.15, -0.1) is 0 Å². The highest BCUT2D eigenvalue weighted by atomic mass is 32.2. The highest BCUT2D eigenvalue weighted by Gasteiger charge is 2.22. The van der Waals surface area contributed by atoms with Crippen molar-refractivity contribution < 1.29 is 8.42 Å². The molecule has 0 bridgehead atoms. The van der Waals surface area contributed by atoms with E-state index in [-0.39, 0.29) is 10.9 Å². The van der Waals surface area contributed by atoms with Gasteiger partial charge in [-0.3, -0.25) is 0 Å². The maximum Gasteiger partial charge on any atom is 0.240 e. The molecule has 1 aliphatic carbocycles. The van der Waals surface area contributed by atoms with Gasteiger partial charge >= 0.3 is 0 Å². The molecule has 5 heteroatoms. The number of rotatable bonds is 3. The molecule has 1 aromatic carbocycles. The van der Waals surface area contributed by atoms with Crippen LogP contribution in [0.25, 0.3) is 0 Å². The summed E-state index contributed by atoms with van der Waals surface area (Å²) in [7, 11) is -3.47. The molecule has 4 nitrogen and oxygen atoms in total. The molecular formula is C14H18N2O2S. The second-order valence-corrected chi connectivity index (χ2v) is 6.76. The molecule has 1 saturated carbocycles. The van der Waals surface area contributed by atoms with Crippen molar-refractivity contribution in [3.63, 3.8) is 0 Å². The molecular weight excluding hydrogens is 260 g/mol. The van der Waals surface area contributed by atoms with Crippen LogP contribution in [0.1, 0.15) is 43.2 Å². The van der Waals surface area contributed by atoms with Crippen LogP contribution in [0.5, 0.6) is 0 Å². The third-order valence-corrected chi connectivity index (χ3v) is 5.07. The van der Waals surface area contributed by atoms with E-state index in [1.807, 2.05) is 6.07 Å². The summed E-state index contributed by atoms with van der Waals surface area (Å²) in [6, 6.07) is 6.71. The average molecular weight is 278 g/mol. The Hall–Kier alpha value is -1.38. The molecule has 2 rings (SSSR count). The SMILES string of the molecule is Cc1cc(S(=O)(=O)NC2CCCCC2)ccc1C#N. The van der Waals surface area contributed by atoms with E-state index in [2.05, 4.69) is 4.72 Å². The zero-order valence-corrected chi connectivity index (χ0v) is 11.8. The highest BCUT2D eigenvalue weighted by molar-refractivity contribution is 7.89. The van der Waals surface area contributed by atoms with E-state index in [1.54, 1.807) is 19.1 Å². The van der Waals surface area contributed by atoms with Crippen molar-refractivity contribution in [2.24, 2.45) is 0 Å². The third-order valence-electron chi connectivity index (χ3n) is 3.56. The maximum absolute atomic E-state index is 12.3. The number of hydrogen-bond acceptors (Lipinski definition) is 3. The number of sulfonamides is 1. The van der Waals surface area contributed by atoms with E-state index in [0.717, 1.165) is 25.7 Å². The Balaban J connectivity index is 2.19. The Morgan fingerprint density at radius 2 is 1.95 bits per heavy atom. The predicted molar refractivity (Wildman–Crippen MR) is 73.1 cm³/mol. The molecule has 1 fully saturated rings. The Morgan fingerprint density at radius 1 is 1.26 bits per heavy atom. The number of nitriles is 1. The lowest BCUT2D eigenvalue weighted by atomic mass is 9.96. The standard InChI is InChI=1S/C14H18N2O2S/c1-11-9-14(8-7-12(11)10-15)19(17,18)16-13-5-3-2-4-6-13/h7-9,13,16H,2-6H2,1H3. The topological polar surface area (TPSA) is 70.0 Å².